The minimum atomic E-state index is 0.865. The Balaban J connectivity index is 1.85. The third-order valence-corrected chi connectivity index (χ3v) is 3.72. The molecule has 1 aromatic carbocycles. The van der Waals surface area contributed by atoms with Crippen LogP contribution in [0, 0.1) is 6.92 Å². The highest BCUT2D eigenvalue weighted by Crippen LogP contribution is 2.22. The van der Waals surface area contributed by atoms with Gasteiger partial charge in [-0.25, -0.2) is 9.97 Å². The molecule has 2 heterocycles. The van der Waals surface area contributed by atoms with Gasteiger partial charge in [0.2, 0.25) is 0 Å². The number of nitrogens with one attached hydrogen (secondary N) is 1. The Morgan fingerprint density at radius 3 is 3.05 bits per heavy atom. The average molecular weight is 268 g/mol. The average Bonchev–Trinajstić information content (AvgIpc) is 2.46. The standard InChI is InChI=1S/C16H20N4/c1-12-4-3-5-13(8-12)10-20(2)16-14-9-17-7-6-15(14)18-11-19-16/h3-5,8,11,17H,6-7,9-10H2,1-2H3. The van der Waals surface area contributed by atoms with Gasteiger partial charge in [0.15, 0.2) is 0 Å². The minimum Gasteiger partial charge on any atom is -0.355 e. The Morgan fingerprint density at radius 1 is 1.30 bits per heavy atom. The zero-order chi connectivity index (χ0) is 13.9. The molecule has 0 atom stereocenters. The Kier molecular flexibility index (Phi) is 3.65. The zero-order valence-corrected chi connectivity index (χ0v) is 12.1. The second-order valence-corrected chi connectivity index (χ2v) is 5.39. The molecule has 1 aliphatic heterocycles. The molecule has 1 N–H and O–H groups in total. The first-order valence-corrected chi connectivity index (χ1v) is 7.04. The van der Waals surface area contributed by atoms with Gasteiger partial charge in [0, 0.05) is 38.7 Å². The molecule has 0 amide bonds. The molecule has 0 bridgehead atoms. The van der Waals surface area contributed by atoms with Crippen LogP contribution < -0.4 is 10.2 Å². The summed E-state index contributed by atoms with van der Waals surface area (Å²) in [5.41, 5.74) is 5.03. The third kappa shape index (κ3) is 2.65. The number of anilines is 1. The molecule has 0 spiro atoms. The molecule has 4 heteroatoms. The van der Waals surface area contributed by atoms with Gasteiger partial charge in [0.05, 0.1) is 5.69 Å². The van der Waals surface area contributed by atoms with Crippen LogP contribution in [0.15, 0.2) is 30.6 Å². The van der Waals surface area contributed by atoms with Crippen LogP contribution in [0.25, 0.3) is 0 Å². The monoisotopic (exact) mass is 268 g/mol. The van der Waals surface area contributed by atoms with E-state index in [1.54, 1.807) is 6.33 Å². The van der Waals surface area contributed by atoms with Gasteiger partial charge in [-0.1, -0.05) is 29.8 Å². The van der Waals surface area contributed by atoms with Crippen LogP contribution >= 0.6 is 0 Å². The van der Waals surface area contributed by atoms with Crippen molar-refractivity contribution < 1.29 is 0 Å². The Bertz CT molecular complexity index is 609. The summed E-state index contributed by atoms with van der Waals surface area (Å²) in [5, 5.41) is 3.40. The molecule has 0 saturated carbocycles. The van der Waals surface area contributed by atoms with Gasteiger partial charge in [-0.15, -0.1) is 0 Å². The predicted molar refractivity (Wildman–Crippen MR) is 80.7 cm³/mol. The Hall–Kier alpha value is -1.94. The van der Waals surface area contributed by atoms with E-state index in [1.165, 1.54) is 22.4 Å². The summed E-state index contributed by atoms with van der Waals surface area (Å²) < 4.78 is 0. The van der Waals surface area contributed by atoms with E-state index in [0.29, 0.717) is 0 Å². The highest BCUT2D eigenvalue weighted by molar-refractivity contribution is 5.49. The number of benzene rings is 1. The first-order chi connectivity index (χ1) is 9.74. The van der Waals surface area contributed by atoms with Crippen molar-refractivity contribution in [3.63, 3.8) is 0 Å². The van der Waals surface area contributed by atoms with E-state index >= 15 is 0 Å². The summed E-state index contributed by atoms with van der Waals surface area (Å²) in [6.07, 6.45) is 2.68. The normalized spacial score (nSPS) is 13.9. The topological polar surface area (TPSA) is 41.1 Å². The van der Waals surface area contributed by atoms with Crippen LogP contribution in [-0.2, 0) is 19.5 Å². The number of aromatic nitrogens is 2. The van der Waals surface area contributed by atoms with E-state index in [9.17, 15) is 0 Å². The summed E-state index contributed by atoms with van der Waals surface area (Å²) in [6.45, 7) is 4.86. The van der Waals surface area contributed by atoms with Crippen molar-refractivity contribution in [2.24, 2.45) is 0 Å². The minimum absolute atomic E-state index is 0.865. The van der Waals surface area contributed by atoms with E-state index in [-0.39, 0.29) is 0 Å². The van der Waals surface area contributed by atoms with Gasteiger partial charge in [-0.05, 0) is 12.5 Å². The Morgan fingerprint density at radius 2 is 2.20 bits per heavy atom. The van der Waals surface area contributed by atoms with Crippen LogP contribution in [0.1, 0.15) is 22.4 Å². The number of hydrogen-bond acceptors (Lipinski definition) is 4. The molecule has 0 aliphatic carbocycles. The lowest BCUT2D eigenvalue weighted by atomic mass is 10.1. The van der Waals surface area contributed by atoms with Crippen molar-refractivity contribution in [1.82, 2.24) is 15.3 Å². The van der Waals surface area contributed by atoms with Crippen LogP contribution in [-0.4, -0.2) is 23.6 Å². The molecule has 0 saturated heterocycles. The molecule has 4 nitrogen and oxygen atoms in total. The second-order valence-electron chi connectivity index (χ2n) is 5.39. The van der Waals surface area contributed by atoms with E-state index in [4.69, 9.17) is 0 Å². The molecule has 20 heavy (non-hydrogen) atoms. The number of rotatable bonds is 3. The number of nitrogens with zero attached hydrogens (tertiary/aromatic N) is 3. The van der Waals surface area contributed by atoms with Crippen molar-refractivity contribution in [3.8, 4) is 0 Å². The molecular formula is C16H20N4. The van der Waals surface area contributed by atoms with Gasteiger partial charge in [0.1, 0.15) is 12.1 Å². The lowest BCUT2D eigenvalue weighted by molar-refractivity contribution is 0.622. The summed E-state index contributed by atoms with van der Waals surface area (Å²) in [5.74, 6) is 1.05. The number of hydrogen-bond donors (Lipinski definition) is 1. The first-order valence-electron chi connectivity index (χ1n) is 7.04. The maximum atomic E-state index is 4.49. The van der Waals surface area contributed by atoms with Gasteiger partial charge >= 0.3 is 0 Å². The highest BCUT2D eigenvalue weighted by Gasteiger charge is 2.17. The molecule has 104 valence electrons. The maximum Gasteiger partial charge on any atom is 0.136 e. The second kappa shape index (κ2) is 5.59. The lowest BCUT2D eigenvalue weighted by Gasteiger charge is -2.25. The van der Waals surface area contributed by atoms with Crippen molar-refractivity contribution in [2.75, 3.05) is 18.5 Å². The predicted octanol–water partition coefficient (Wildman–Crippen LogP) is 2.07. The van der Waals surface area contributed by atoms with Gasteiger partial charge < -0.3 is 10.2 Å². The van der Waals surface area contributed by atoms with E-state index in [2.05, 4.69) is 58.4 Å². The molecular weight excluding hydrogens is 248 g/mol. The summed E-state index contributed by atoms with van der Waals surface area (Å²) in [4.78, 5) is 11.1. The van der Waals surface area contributed by atoms with Crippen molar-refractivity contribution in [3.05, 3.63) is 53.0 Å². The molecule has 0 unspecified atom stereocenters. The molecule has 2 aromatic rings. The maximum absolute atomic E-state index is 4.49. The molecule has 3 rings (SSSR count). The fraction of sp³-hybridized carbons (Fsp3) is 0.375. The first kappa shape index (κ1) is 13.1. The lowest BCUT2D eigenvalue weighted by Crippen LogP contribution is -2.29. The quantitative estimate of drug-likeness (QED) is 0.925. The van der Waals surface area contributed by atoms with E-state index in [0.717, 1.165) is 31.9 Å². The summed E-state index contributed by atoms with van der Waals surface area (Å²) in [7, 11) is 2.10. The van der Waals surface area contributed by atoms with Crippen LogP contribution in [0.4, 0.5) is 5.82 Å². The van der Waals surface area contributed by atoms with Gasteiger partial charge in [-0.3, -0.25) is 0 Å². The van der Waals surface area contributed by atoms with Crippen LogP contribution in [0.2, 0.25) is 0 Å². The summed E-state index contributed by atoms with van der Waals surface area (Å²) >= 11 is 0. The largest absolute Gasteiger partial charge is 0.355 e. The van der Waals surface area contributed by atoms with E-state index in [1.807, 2.05) is 0 Å². The smallest absolute Gasteiger partial charge is 0.136 e. The molecule has 0 radical (unpaired) electrons. The van der Waals surface area contributed by atoms with Crippen molar-refractivity contribution in [2.45, 2.75) is 26.4 Å². The molecule has 1 aliphatic rings. The van der Waals surface area contributed by atoms with Crippen LogP contribution in [0.3, 0.4) is 0 Å². The Labute approximate surface area is 119 Å². The summed E-state index contributed by atoms with van der Waals surface area (Å²) in [6, 6.07) is 8.62. The third-order valence-electron chi connectivity index (χ3n) is 3.72. The zero-order valence-electron chi connectivity index (χ0n) is 12.1. The number of fused-ring (bicyclic) bond motifs is 1. The van der Waals surface area contributed by atoms with Crippen molar-refractivity contribution in [1.29, 1.82) is 0 Å². The van der Waals surface area contributed by atoms with Gasteiger partial charge in [0.25, 0.3) is 0 Å². The molecule has 1 aromatic heterocycles. The SMILES string of the molecule is Cc1cccc(CN(C)c2ncnc3c2CNCC3)c1. The fourth-order valence-electron chi connectivity index (χ4n) is 2.74. The fourth-order valence-corrected chi connectivity index (χ4v) is 2.74. The molecule has 0 fully saturated rings. The number of aryl methyl sites for hydroxylation is 1. The van der Waals surface area contributed by atoms with E-state index < -0.39 is 0 Å². The highest BCUT2D eigenvalue weighted by atomic mass is 15.2. The van der Waals surface area contributed by atoms with Gasteiger partial charge in [-0.2, -0.15) is 0 Å². The van der Waals surface area contributed by atoms with Crippen molar-refractivity contribution >= 4 is 5.82 Å². The van der Waals surface area contributed by atoms with Crippen LogP contribution in [0.5, 0.6) is 0 Å².